The van der Waals surface area contributed by atoms with Crippen molar-refractivity contribution in [1.29, 1.82) is 0 Å². The van der Waals surface area contributed by atoms with E-state index >= 15 is 0 Å². The second-order valence-corrected chi connectivity index (χ2v) is 10.1. The number of carbonyl (C=O) groups excluding carboxylic acids is 1. The predicted octanol–water partition coefficient (Wildman–Crippen LogP) is 2.98. The van der Waals surface area contributed by atoms with Crippen LogP contribution in [0.5, 0.6) is 5.75 Å². The summed E-state index contributed by atoms with van der Waals surface area (Å²) < 4.78 is 38.1. The maximum atomic E-state index is 12.9. The van der Waals surface area contributed by atoms with Crippen LogP contribution >= 0.6 is 11.3 Å². The molecule has 160 valence electrons. The number of carbonyl (C=O) groups is 1. The van der Waals surface area contributed by atoms with E-state index in [4.69, 9.17) is 9.47 Å². The van der Waals surface area contributed by atoms with E-state index in [0.717, 1.165) is 21.9 Å². The molecule has 8 nitrogen and oxygen atoms in total. The molecule has 0 bridgehead atoms. The molecule has 3 aromatic rings. The van der Waals surface area contributed by atoms with E-state index in [1.165, 1.54) is 27.8 Å². The van der Waals surface area contributed by atoms with Gasteiger partial charge in [0.1, 0.15) is 12.4 Å². The molecule has 1 N–H and O–H groups in total. The molecule has 2 aromatic carbocycles. The summed E-state index contributed by atoms with van der Waals surface area (Å²) in [6, 6.07) is 13.7. The number of para-hydroxylation sites is 1. The zero-order valence-corrected chi connectivity index (χ0v) is 18.0. The quantitative estimate of drug-likeness (QED) is 0.647. The Hall–Kier alpha value is -2.79. The van der Waals surface area contributed by atoms with Crippen molar-refractivity contribution < 1.29 is 22.7 Å². The van der Waals surface area contributed by atoms with Gasteiger partial charge in [-0.05, 0) is 30.3 Å². The standard InChI is InChI=1S/C21H19N3O5S2/c25-20(14-4-3-5-15(12-14)31(26,27)24-8-10-28-11-9-24)23-21-22-19-16-6-1-2-7-17(16)29-13-18(19)30-21/h1-7,12H,8-11,13H2,(H,22,23,25). The summed E-state index contributed by atoms with van der Waals surface area (Å²) >= 11 is 1.35. The van der Waals surface area contributed by atoms with E-state index in [2.05, 4.69) is 10.3 Å². The van der Waals surface area contributed by atoms with Gasteiger partial charge in [-0.2, -0.15) is 4.31 Å². The van der Waals surface area contributed by atoms with Gasteiger partial charge in [0.15, 0.2) is 5.13 Å². The Morgan fingerprint density at radius 3 is 2.74 bits per heavy atom. The zero-order chi connectivity index (χ0) is 21.4. The monoisotopic (exact) mass is 457 g/mol. The topological polar surface area (TPSA) is 97.8 Å². The second kappa shape index (κ2) is 8.04. The summed E-state index contributed by atoms with van der Waals surface area (Å²) in [5.41, 5.74) is 1.93. The number of benzene rings is 2. The number of sulfonamides is 1. The van der Waals surface area contributed by atoms with Crippen molar-refractivity contribution in [3.63, 3.8) is 0 Å². The van der Waals surface area contributed by atoms with Crippen molar-refractivity contribution in [1.82, 2.24) is 9.29 Å². The number of amides is 1. The Morgan fingerprint density at radius 1 is 1.10 bits per heavy atom. The molecule has 31 heavy (non-hydrogen) atoms. The van der Waals surface area contributed by atoms with Crippen LogP contribution in [0.25, 0.3) is 11.3 Å². The molecule has 1 fully saturated rings. The third-order valence-corrected chi connectivity index (χ3v) is 7.96. The first kappa shape index (κ1) is 20.1. The molecule has 1 amide bonds. The fourth-order valence-corrected chi connectivity index (χ4v) is 5.89. The molecule has 5 rings (SSSR count). The molecular weight excluding hydrogens is 438 g/mol. The fourth-order valence-electron chi connectivity index (χ4n) is 3.55. The van der Waals surface area contributed by atoms with Gasteiger partial charge in [0, 0.05) is 24.2 Å². The van der Waals surface area contributed by atoms with Crippen LogP contribution < -0.4 is 10.1 Å². The predicted molar refractivity (Wildman–Crippen MR) is 116 cm³/mol. The summed E-state index contributed by atoms with van der Waals surface area (Å²) in [5.74, 6) is 0.346. The largest absolute Gasteiger partial charge is 0.487 e. The van der Waals surface area contributed by atoms with Crippen molar-refractivity contribution in [2.45, 2.75) is 11.5 Å². The van der Waals surface area contributed by atoms with Gasteiger partial charge in [-0.1, -0.05) is 29.5 Å². The molecule has 2 aliphatic rings. The van der Waals surface area contributed by atoms with Gasteiger partial charge in [-0.25, -0.2) is 13.4 Å². The third kappa shape index (κ3) is 3.83. The fraction of sp³-hybridized carbons (Fsp3) is 0.238. The molecule has 0 saturated carbocycles. The Labute approximate surface area is 183 Å². The highest BCUT2D eigenvalue weighted by atomic mass is 32.2. The minimum atomic E-state index is -3.68. The number of thiazole rings is 1. The number of hydrogen-bond acceptors (Lipinski definition) is 7. The first-order valence-corrected chi connectivity index (χ1v) is 12.0. The molecule has 0 unspecified atom stereocenters. The van der Waals surface area contributed by atoms with Crippen LogP contribution in [-0.2, 0) is 21.4 Å². The van der Waals surface area contributed by atoms with E-state index in [1.54, 1.807) is 12.1 Å². The van der Waals surface area contributed by atoms with Crippen LogP contribution in [-0.4, -0.2) is 49.9 Å². The number of anilines is 1. The lowest BCUT2D eigenvalue weighted by molar-refractivity contribution is 0.0730. The van der Waals surface area contributed by atoms with Crippen molar-refractivity contribution in [2.75, 3.05) is 31.6 Å². The number of rotatable bonds is 4. The van der Waals surface area contributed by atoms with Gasteiger partial charge >= 0.3 is 0 Å². The third-order valence-electron chi connectivity index (χ3n) is 5.12. The number of aromatic nitrogens is 1. The van der Waals surface area contributed by atoms with Gasteiger partial charge in [0.25, 0.3) is 5.91 Å². The van der Waals surface area contributed by atoms with Crippen LogP contribution in [0.4, 0.5) is 5.13 Å². The van der Waals surface area contributed by atoms with Crippen LogP contribution in [0.15, 0.2) is 53.4 Å². The summed E-state index contributed by atoms with van der Waals surface area (Å²) in [5, 5.41) is 3.23. The second-order valence-electron chi connectivity index (χ2n) is 7.07. The SMILES string of the molecule is O=C(Nc1nc2c(s1)COc1ccccc1-2)c1cccc(S(=O)(=O)N2CCOCC2)c1. The minimum absolute atomic E-state index is 0.0859. The number of fused-ring (bicyclic) bond motifs is 3. The van der Waals surface area contributed by atoms with Gasteiger partial charge in [-0.15, -0.1) is 0 Å². The maximum Gasteiger partial charge on any atom is 0.257 e. The van der Waals surface area contributed by atoms with Crippen LogP contribution in [0.1, 0.15) is 15.2 Å². The summed E-state index contributed by atoms with van der Waals surface area (Å²) in [7, 11) is -3.68. The summed E-state index contributed by atoms with van der Waals surface area (Å²) in [4.78, 5) is 18.4. The zero-order valence-electron chi connectivity index (χ0n) is 16.4. The van der Waals surface area contributed by atoms with Crippen LogP contribution in [0.3, 0.4) is 0 Å². The van der Waals surface area contributed by atoms with E-state index in [1.807, 2.05) is 24.3 Å². The Bertz CT molecular complexity index is 1250. The van der Waals surface area contributed by atoms with Gasteiger partial charge in [-0.3, -0.25) is 10.1 Å². The molecule has 2 aliphatic heterocycles. The molecule has 3 heterocycles. The summed E-state index contributed by atoms with van der Waals surface area (Å²) in [6.07, 6.45) is 0. The average molecular weight is 458 g/mol. The smallest absolute Gasteiger partial charge is 0.257 e. The lowest BCUT2D eigenvalue weighted by atomic mass is 10.1. The normalized spacial score (nSPS) is 16.1. The molecule has 0 radical (unpaired) electrons. The number of ether oxygens (including phenoxy) is 2. The van der Waals surface area contributed by atoms with E-state index in [-0.39, 0.29) is 10.5 Å². The molecule has 10 heteroatoms. The van der Waals surface area contributed by atoms with Crippen molar-refractivity contribution in [2.24, 2.45) is 0 Å². The van der Waals surface area contributed by atoms with Gasteiger partial charge in [0.05, 0.1) is 28.7 Å². The van der Waals surface area contributed by atoms with E-state index < -0.39 is 15.9 Å². The minimum Gasteiger partial charge on any atom is -0.487 e. The molecular formula is C21H19N3O5S2. The molecule has 0 aliphatic carbocycles. The molecule has 0 atom stereocenters. The highest BCUT2D eigenvalue weighted by Gasteiger charge is 2.27. The van der Waals surface area contributed by atoms with Crippen molar-refractivity contribution in [3.05, 3.63) is 59.0 Å². The number of nitrogens with zero attached hydrogens (tertiary/aromatic N) is 2. The molecule has 1 saturated heterocycles. The Kier molecular flexibility index (Phi) is 5.22. The van der Waals surface area contributed by atoms with Crippen LogP contribution in [0.2, 0.25) is 0 Å². The number of nitrogens with one attached hydrogen (secondary N) is 1. The number of morpholine rings is 1. The summed E-state index contributed by atoms with van der Waals surface area (Å²) in [6.45, 7) is 1.72. The maximum absolute atomic E-state index is 12.9. The highest BCUT2D eigenvalue weighted by Crippen LogP contribution is 2.40. The Morgan fingerprint density at radius 2 is 1.90 bits per heavy atom. The Balaban J connectivity index is 1.38. The lowest BCUT2D eigenvalue weighted by Crippen LogP contribution is -2.40. The van der Waals surface area contributed by atoms with Crippen molar-refractivity contribution in [3.8, 4) is 17.0 Å². The van der Waals surface area contributed by atoms with Crippen molar-refractivity contribution >= 4 is 32.4 Å². The molecule has 0 spiro atoms. The van der Waals surface area contributed by atoms with E-state index in [9.17, 15) is 13.2 Å². The average Bonchev–Trinajstić information content (AvgIpc) is 3.23. The van der Waals surface area contributed by atoms with Gasteiger partial charge < -0.3 is 9.47 Å². The highest BCUT2D eigenvalue weighted by molar-refractivity contribution is 7.89. The lowest BCUT2D eigenvalue weighted by Gasteiger charge is -2.26. The number of hydrogen-bond donors (Lipinski definition) is 1. The van der Waals surface area contributed by atoms with Crippen LogP contribution in [0, 0.1) is 0 Å². The first-order valence-electron chi connectivity index (χ1n) is 9.73. The van der Waals surface area contributed by atoms with E-state index in [0.29, 0.717) is 38.0 Å². The molecule has 1 aromatic heterocycles. The first-order chi connectivity index (χ1) is 15.0. The van der Waals surface area contributed by atoms with Gasteiger partial charge in [0.2, 0.25) is 10.0 Å².